The first-order chi connectivity index (χ1) is 10.3. The van der Waals surface area contributed by atoms with Crippen LogP contribution in [0, 0.1) is 0 Å². The van der Waals surface area contributed by atoms with Crippen LogP contribution in [-0.2, 0) is 9.53 Å². The van der Waals surface area contributed by atoms with E-state index in [2.05, 4.69) is 34.8 Å². The maximum Gasteiger partial charge on any atom is 0.224 e. The second-order valence-electron chi connectivity index (χ2n) is 4.68. The number of halogens is 1. The highest BCUT2D eigenvalue weighted by molar-refractivity contribution is 14.1. The second kappa shape index (κ2) is 11.8. The zero-order chi connectivity index (χ0) is 15.3. The molecular formula is C16H24INO3. The van der Waals surface area contributed by atoms with Crippen molar-refractivity contribution in [3.05, 3.63) is 24.3 Å². The summed E-state index contributed by atoms with van der Waals surface area (Å²) in [7, 11) is 0. The lowest BCUT2D eigenvalue weighted by Crippen LogP contribution is -2.12. The molecule has 0 spiro atoms. The van der Waals surface area contributed by atoms with Crippen LogP contribution in [0.3, 0.4) is 0 Å². The SMILES string of the molecule is CCCOCCCC(=O)Nc1ccc(OCCCI)cc1. The standard InChI is InChI=1S/C16H24INO3/c1-2-11-20-12-3-5-16(19)18-14-6-8-15(9-7-14)21-13-4-10-17/h6-9H,2-5,10-13H2,1H3,(H,18,19). The number of hydrogen-bond acceptors (Lipinski definition) is 3. The van der Waals surface area contributed by atoms with Gasteiger partial charge in [-0.1, -0.05) is 29.5 Å². The molecule has 0 radical (unpaired) electrons. The monoisotopic (exact) mass is 405 g/mol. The quantitative estimate of drug-likeness (QED) is 0.344. The third kappa shape index (κ3) is 8.93. The Hall–Kier alpha value is -0.820. The molecule has 0 fully saturated rings. The normalized spacial score (nSPS) is 10.4. The van der Waals surface area contributed by atoms with E-state index in [-0.39, 0.29) is 5.91 Å². The van der Waals surface area contributed by atoms with Crippen molar-refractivity contribution in [2.45, 2.75) is 32.6 Å². The number of hydrogen-bond donors (Lipinski definition) is 1. The van der Waals surface area contributed by atoms with Gasteiger partial charge in [-0.15, -0.1) is 0 Å². The first-order valence-electron chi connectivity index (χ1n) is 7.42. The van der Waals surface area contributed by atoms with Gasteiger partial charge in [0.2, 0.25) is 5.91 Å². The number of nitrogens with one attached hydrogen (secondary N) is 1. The third-order valence-corrected chi connectivity index (χ3v) is 3.49. The largest absolute Gasteiger partial charge is 0.494 e. The first kappa shape index (κ1) is 18.2. The highest BCUT2D eigenvalue weighted by atomic mass is 127. The van der Waals surface area contributed by atoms with Crippen molar-refractivity contribution in [1.29, 1.82) is 0 Å². The van der Waals surface area contributed by atoms with Gasteiger partial charge in [0.1, 0.15) is 5.75 Å². The van der Waals surface area contributed by atoms with Crippen molar-refractivity contribution in [2.75, 3.05) is 29.6 Å². The molecule has 0 saturated carbocycles. The number of carbonyl (C=O) groups is 1. The summed E-state index contributed by atoms with van der Waals surface area (Å²) in [6.07, 6.45) is 3.29. The van der Waals surface area contributed by atoms with Crippen LogP contribution >= 0.6 is 22.6 Å². The average molecular weight is 405 g/mol. The molecule has 4 nitrogen and oxygen atoms in total. The van der Waals surface area contributed by atoms with Crippen LogP contribution in [-0.4, -0.2) is 30.2 Å². The van der Waals surface area contributed by atoms with Gasteiger partial charge in [0.15, 0.2) is 0 Å². The van der Waals surface area contributed by atoms with Crippen LogP contribution < -0.4 is 10.1 Å². The molecule has 5 heteroatoms. The van der Waals surface area contributed by atoms with Crippen LogP contribution in [0.2, 0.25) is 0 Å². The van der Waals surface area contributed by atoms with Gasteiger partial charge >= 0.3 is 0 Å². The van der Waals surface area contributed by atoms with Gasteiger partial charge in [0.05, 0.1) is 6.61 Å². The molecule has 0 aromatic heterocycles. The van der Waals surface area contributed by atoms with Crippen molar-refractivity contribution in [3.63, 3.8) is 0 Å². The van der Waals surface area contributed by atoms with E-state index >= 15 is 0 Å². The summed E-state index contributed by atoms with van der Waals surface area (Å²) in [5.74, 6) is 0.861. The Morgan fingerprint density at radius 2 is 1.90 bits per heavy atom. The molecular weight excluding hydrogens is 381 g/mol. The number of carbonyl (C=O) groups excluding carboxylic acids is 1. The fraction of sp³-hybridized carbons (Fsp3) is 0.562. The third-order valence-electron chi connectivity index (χ3n) is 2.73. The van der Waals surface area contributed by atoms with E-state index in [1.807, 2.05) is 24.3 Å². The number of rotatable bonds is 11. The molecule has 0 bridgehead atoms. The van der Waals surface area contributed by atoms with Crippen molar-refractivity contribution in [3.8, 4) is 5.75 Å². The van der Waals surface area contributed by atoms with Gasteiger partial charge < -0.3 is 14.8 Å². The predicted octanol–water partition coefficient (Wildman–Crippen LogP) is 4.04. The lowest BCUT2D eigenvalue weighted by molar-refractivity contribution is -0.116. The first-order valence-corrected chi connectivity index (χ1v) is 8.95. The number of alkyl halides is 1. The van der Waals surface area contributed by atoms with Crippen LogP contribution in [0.15, 0.2) is 24.3 Å². The minimum atomic E-state index is 0.0219. The van der Waals surface area contributed by atoms with Crippen LogP contribution in [0.25, 0.3) is 0 Å². The molecule has 1 aromatic rings. The molecule has 21 heavy (non-hydrogen) atoms. The molecule has 1 rings (SSSR count). The topological polar surface area (TPSA) is 47.6 Å². The Morgan fingerprint density at radius 1 is 1.14 bits per heavy atom. The Morgan fingerprint density at radius 3 is 2.57 bits per heavy atom. The zero-order valence-corrected chi connectivity index (χ0v) is 14.7. The van der Waals surface area contributed by atoms with E-state index in [1.54, 1.807) is 0 Å². The maximum atomic E-state index is 11.7. The van der Waals surface area contributed by atoms with E-state index in [9.17, 15) is 4.79 Å². The Balaban J connectivity index is 2.23. The minimum Gasteiger partial charge on any atom is -0.494 e. The van der Waals surface area contributed by atoms with Gasteiger partial charge in [-0.05, 0) is 43.5 Å². The van der Waals surface area contributed by atoms with Crippen LogP contribution in [0.5, 0.6) is 5.75 Å². The van der Waals surface area contributed by atoms with Gasteiger partial charge in [-0.25, -0.2) is 0 Å². The smallest absolute Gasteiger partial charge is 0.224 e. The van der Waals surface area contributed by atoms with Crippen LogP contribution in [0.4, 0.5) is 5.69 Å². The fourth-order valence-corrected chi connectivity index (χ4v) is 2.00. The summed E-state index contributed by atoms with van der Waals surface area (Å²) in [6, 6.07) is 7.50. The molecule has 0 heterocycles. The van der Waals surface area contributed by atoms with Gasteiger partial charge in [-0.3, -0.25) is 4.79 Å². The van der Waals surface area contributed by atoms with E-state index in [0.717, 1.165) is 48.3 Å². The number of amides is 1. The summed E-state index contributed by atoms with van der Waals surface area (Å²) in [6.45, 7) is 4.21. The summed E-state index contributed by atoms with van der Waals surface area (Å²) in [5, 5.41) is 2.88. The lowest BCUT2D eigenvalue weighted by atomic mass is 10.2. The average Bonchev–Trinajstić information content (AvgIpc) is 2.49. The van der Waals surface area contributed by atoms with Crippen molar-refractivity contribution in [2.24, 2.45) is 0 Å². The lowest BCUT2D eigenvalue weighted by Gasteiger charge is -2.08. The van der Waals surface area contributed by atoms with Crippen LogP contribution in [0.1, 0.15) is 32.6 Å². The molecule has 0 atom stereocenters. The van der Waals surface area contributed by atoms with Gasteiger partial charge in [-0.2, -0.15) is 0 Å². The van der Waals surface area contributed by atoms with E-state index in [4.69, 9.17) is 9.47 Å². The maximum absolute atomic E-state index is 11.7. The molecule has 0 aliphatic rings. The molecule has 118 valence electrons. The predicted molar refractivity (Wildman–Crippen MR) is 94.4 cm³/mol. The van der Waals surface area contributed by atoms with E-state index < -0.39 is 0 Å². The van der Waals surface area contributed by atoms with Crippen molar-refractivity contribution < 1.29 is 14.3 Å². The Kier molecular flexibility index (Phi) is 10.2. The van der Waals surface area contributed by atoms with E-state index in [0.29, 0.717) is 13.0 Å². The molecule has 0 aliphatic carbocycles. The zero-order valence-electron chi connectivity index (χ0n) is 12.6. The van der Waals surface area contributed by atoms with Gasteiger partial charge in [0.25, 0.3) is 0 Å². The molecule has 1 aromatic carbocycles. The minimum absolute atomic E-state index is 0.0219. The Bertz CT molecular complexity index is 395. The molecule has 1 amide bonds. The summed E-state index contributed by atoms with van der Waals surface area (Å²) >= 11 is 2.33. The number of anilines is 1. The summed E-state index contributed by atoms with van der Waals surface area (Å²) in [5.41, 5.74) is 0.802. The highest BCUT2D eigenvalue weighted by Crippen LogP contribution is 2.16. The highest BCUT2D eigenvalue weighted by Gasteiger charge is 2.02. The Labute approximate surface area is 140 Å². The molecule has 0 saturated heterocycles. The molecule has 0 aliphatic heterocycles. The summed E-state index contributed by atoms with van der Waals surface area (Å²) < 4.78 is 12.0. The van der Waals surface area contributed by atoms with Gasteiger partial charge in [0, 0.05) is 29.7 Å². The van der Waals surface area contributed by atoms with Crippen molar-refractivity contribution in [1.82, 2.24) is 0 Å². The summed E-state index contributed by atoms with van der Waals surface area (Å²) in [4.78, 5) is 11.7. The second-order valence-corrected chi connectivity index (χ2v) is 5.76. The van der Waals surface area contributed by atoms with Crippen molar-refractivity contribution >= 4 is 34.2 Å². The number of ether oxygens (including phenoxy) is 2. The molecule has 1 N–H and O–H groups in total. The van der Waals surface area contributed by atoms with E-state index in [1.165, 1.54) is 0 Å². The molecule has 0 unspecified atom stereocenters. The number of benzene rings is 1. The fourth-order valence-electron chi connectivity index (χ4n) is 1.68.